The fraction of sp³-hybridized carbons (Fsp3) is 0.294. The highest BCUT2D eigenvalue weighted by Crippen LogP contribution is 2.45. The van der Waals surface area contributed by atoms with Crippen molar-refractivity contribution in [3.05, 3.63) is 100 Å². The minimum atomic E-state index is -0.981. The molecule has 3 heterocycles. The molecule has 2 aliphatic heterocycles. The summed E-state index contributed by atoms with van der Waals surface area (Å²) in [5, 5.41) is 20.3. The predicted octanol–water partition coefficient (Wildman–Crippen LogP) is 7.49. The Kier molecular flexibility index (Phi) is 9.18. The van der Waals surface area contributed by atoms with E-state index in [0.29, 0.717) is 45.6 Å². The number of ether oxygens (including phenoxy) is 2. The van der Waals surface area contributed by atoms with Gasteiger partial charge in [0.15, 0.2) is 4.34 Å². The zero-order valence-electron chi connectivity index (χ0n) is 24.9. The molecule has 2 aliphatic rings. The molecular formula is C34H32FN3O5S2. The lowest BCUT2D eigenvalue weighted by molar-refractivity contribution is -0.132. The van der Waals surface area contributed by atoms with Crippen LogP contribution >= 0.6 is 23.1 Å². The van der Waals surface area contributed by atoms with Crippen LogP contribution in [0.25, 0.3) is 5.76 Å². The molecule has 1 fully saturated rings. The molecule has 1 saturated heterocycles. The number of hydrogen-bond acceptors (Lipinski definition) is 9. The number of halogens is 1. The number of carbonyl (C=O) groups is 2. The Morgan fingerprint density at radius 2 is 1.96 bits per heavy atom. The van der Waals surface area contributed by atoms with Gasteiger partial charge in [-0.3, -0.25) is 14.5 Å². The Morgan fingerprint density at radius 1 is 1.11 bits per heavy atom. The highest BCUT2D eigenvalue weighted by molar-refractivity contribution is 8.00. The summed E-state index contributed by atoms with van der Waals surface area (Å²) < 4.78 is 26.5. The first-order chi connectivity index (χ1) is 21.8. The van der Waals surface area contributed by atoms with Crippen LogP contribution in [0.1, 0.15) is 61.4 Å². The molecule has 1 N–H and O–H groups in total. The number of nitrogens with zero attached hydrogens (tertiary/aromatic N) is 3. The second kappa shape index (κ2) is 13.4. The van der Waals surface area contributed by atoms with Crippen molar-refractivity contribution in [1.82, 2.24) is 10.2 Å². The van der Waals surface area contributed by atoms with Gasteiger partial charge in [-0.05, 0) is 66.4 Å². The normalized spacial score (nSPS) is 18.7. The van der Waals surface area contributed by atoms with Gasteiger partial charge in [-0.1, -0.05) is 73.2 Å². The summed E-state index contributed by atoms with van der Waals surface area (Å²) in [6, 6.07) is 18.0. The molecule has 2 atom stereocenters. The number of Topliss-reactive ketones (excluding diaryl/α,β-unsaturated/α-hetero) is 1. The van der Waals surface area contributed by atoms with Crippen molar-refractivity contribution >= 4 is 45.7 Å². The van der Waals surface area contributed by atoms with Crippen molar-refractivity contribution in [2.45, 2.75) is 61.8 Å². The molecular weight excluding hydrogens is 614 g/mol. The number of amides is 1. The number of hydrogen-bond donors (Lipinski definition) is 1. The van der Waals surface area contributed by atoms with E-state index in [1.54, 1.807) is 54.6 Å². The summed E-state index contributed by atoms with van der Waals surface area (Å²) in [5.74, 6) is -0.597. The summed E-state index contributed by atoms with van der Waals surface area (Å²) in [6.07, 6.45) is 3.68. The van der Waals surface area contributed by atoms with E-state index in [1.165, 1.54) is 22.7 Å². The summed E-state index contributed by atoms with van der Waals surface area (Å²) in [6.45, 7) is 4.62. The minimum Gasteiger partial charge on any atom is -0.507 e. The van der Waals surface area contributed by atoms with Gasteiger partial charge in [-0.2, -0.15) is 0 Å². The lowest BCUT2D eigenvalue weighted by atomic mass is 9.94. The van der Waals surface area contributed by atoms with Crippen LogP contribution in [0.5, 0.6) is 11.5 Å². The van der Waals surface area contributed by atoms with Gasteiger partial charge < -0.3 is 14.6 Å². The van der Waals surface area contributed by atoms with E-state index < -0.39 is 17.7 Å². The van der Waals surface area contributed by atoms with E-state index in [2.05, 4.69) is 17.1 Å². The average molecular weight is 646 g/mol. The number of aliphatic hydroxyl groups is 1. The van der Waals surface area contributed by atoms with E-state index in [1.807, 2.05) is 13.0 Å². The van der Waals surface area contributed by atoms with Crippen LogP contribution in [0.15, 0.2) is 76.6 Å². The molecule has 0 spiro atoms. The Labute approximate surface area is 268 Å². The van der Waals surface area contributed by atoms with Crippen LogP contribution < -0.4 is 14.4 Å². The first-order valence-corrected chi connectivity index (χ1v) is 16.7. The molecule has 4 aromatic rings. The first-order valence-electron chi connectivity index (χ1n) is 14.9. The third kappa shape index (κ3) is 6.46. The van der Waals surface area contributed by atoms with Gasteiger partial charge in [0.2, 0.25) is 5.13 Å². The standard InChI is InChI=1S/C34H32FN3O5S2/c1-3-4-7-15-42-25-11-8-10-21(18-25)29-28(30(39)22-13-14-27-24(17-22)16-20(2)43-27)31(40)32(41)38(29)33-36-37-34(45-33)44-19-23-9-5-6-12-26(23)35/h5-6,8-14,17-18,20,29,39H,3-4,7,15-16,19H2,1-2H3/b30-28+/t20-,29+/m1/s1. The smallest absolute Gasteiger partial charge is 0.301 e. The number of anilines is 1. The highest BCUT2D eigenvalue weighted by atomic mass is 32.2. The van der Waals surface area contributed by atoms with Crippen molar-refractivity contribution in [1.29, 1.82) is 0 Å². The number of fused-ring (bicyclic) bond motifs is 1. The van der Waals surface area contributed by atoms with Crippen LogP contribution in [0.4, 0.5) is 9.52 Å². The monoisotopic (exact) mass is 645 g/mol. The second-order valence-electron chi connectivity index (χ2n) is 11.0. The van der Waals surface area contributed by atoms with E-state index in [0.717, 1.165) is 41.9 Å². The first kappa shape index (κ1) is 30.8. The van der Waals surface area contributed by atoms with Gasteiger partial charge >= 0.3 is 5.91 Å². The highest BCUT2D eigenvalue weighted by Gasteiger charge is 2.48. The zero-order valence-corrected chi connectivity index (χ0v) is 26.5. The van der Waals surface area contributed by atoms with Crippen LogP contribution in [0, 0.1) is 5.82 Å². The van der Waals surface area contributed by atoms with Crippen LogP contribution in [0.3, 0.4) is 0 Å². The molecule has 8 nitrogen and oxygen atoms in total. The molecule has 11 heteroatoms. The molecule has 232 valence electrons. The summed E-state index contributed by atoms with van der Waals surface area (Å²) in [5.41, 5.74) is 2.38. The van der Waals surface area contributed by atoms with Gasteiger partial charge in [-0.25, -0.2) is 4.39 Å². The van der Waals surface area contributed by atoms with E-state index >= 15 is 0 Å². The topological polar surface area (TPSA) is 102 Å². The van der Waals surface area contributed by atoms with Gasteiger partial charge in [-0.15, -0.1) is 10.2 Å². The molecule has 0 saturated carbocycles. The number of aliphatic hydroxyl groups excluding tert-OH is 1. The number of benzene rings is 3. The number of carbonyl (C=O) groups excluding carboxylic acids is 2. The van der Waals surface area contributed by atoms with Gasteiger partial charge in [0, 0.05) is 17.7 Å². The lowest BCUT2D eigenvalue weighted by Crippen LogP contribution is -2.29. The van der Waals surface area contributed by atoms with E-state index in [-0.39, 0.29) is 28.4 Å². The molecule has 0 unspecified atom stereocenters. The predicted molar refractivity (Wildman–Crippen MR) is 172 cm³/mol. The minimum absolute atomic E-state index is 0.00546. The van der Waals surface area contributed by atoms with Crippen molar-refractivity contribution in [2.24, 2.45) is 0 Å². The number of aromatic nitrogens is 2. The van der Waals surface area contributed by atoms with Gasteiger partial charge in [0.05, 0.1) is 18.2 Å². The third-order valence-electron chi connectivity index (χ3n) is 7.72. The van der Waals surface area contributed by atoms with Crippen LogP contribution in [0.2, 0.25) is 0 Å². The number of thioether (sulfide) groups is 1. The van der Waals surface area contributed by atoms with E-state index in [9.17, 15) is 19.1 Å². The van der Waals surface area contributed by atoms with Crippen LogP contribution in [-0.4, -0.2) is 39.7 Å². The fourth-order valence-electron chi connectivity index (χ4n) is 5.50. The maximum atomic E-state index is 14.2. The van der Waals surface area contributed by atoms with Gasteiger partial charge in [0.25, 0.3) is 5.78 Å². The zero-order chi connectivity index (χ0) is 31.5. The Bertz CT molecular complexity index is 1770. The Balaban J connectivity index is 1.38. The molecule has 45 heavy (non-hydrogen) atoms. The number of unbranched alkanes of at least 4 members (excludes halogenated alkanes) is 2. The molecule has 0 aliphatic carbocycles. The molecule has 1 amide bonds. The maximum absolute atomic E-state index is 14.2. The average Bonchev–Trinajstić information content (AvgIpc) is 3.73. The summed E-state index contributed by atoms with van der Waals surface area (Å²) in [7, 11) is 0. The van der Waals surface area contributed by atoms with Crippen molar-refractivity contribution < 1.29 is 28.6 Å². The molecule has 0 bridgehead atoms. The van der Waals surface area contributed by atoms with E-state index in [4.69, 9.17) is 9.47 Å². The third-order valence-corrected chi connectivity index (χ3v) is 9.82. The lowest BCUT2D eigenvalue weighted by Gasteiger charge is -2.23. The van der Waals surface area contributed by atoms with Crippen LogP contribution in [-0.2, 0) is 21.8 Å². The fourth-order valence-corrected chi connectivity index (χ4v) is 7.35. The van der Waals surface area contributed by atoms with Crippen molar-refractivity contribution in [2.75, 3.05) is 11.5 Å². The Hall–Kier alpha value is -4.22. The molecule has 1 aromatic heterocycles. The quantitative estimate of drug-likeness (QED) is 0.0447. The summed E-state index contributed by atoms with van der Waals surface area (Å²) in [4.78, 5) is 28.7. The van der Waals surface area contributed by atoms with Crippen molar-refractivity contribution in [3.8, 4) is 11.5 Å². The SMILES string of the molecule is CCCCCOc1cccc([C@H]2/C(=C(\O)c3ccc4c(c3)C[C@@H](C)O4)C(=O)C(=O)N2c2nnc(SCc3ccccc3F)s2)c1. The van der Waals surface area contributed by atoms with Gasteiger partial charge in [0.1, 0.15) is 29.2 Å². The Morgan fingerprint density at radius 3 is 2.78 bits per heavy atom. The molecule has 3 aromatic carbocycles. The summed E-state index contributed by atoms with van der Waals surface area (Å²) >= 11 is 2.41. The largest absolute Gasteiger partial charge is 0.507 e. The molecule has 6 rings (SSSR count). The number of ketones is 1. The number of rotatable bonds is 11. The maximum Gasteiger partial charge on any atom is 0.301 e. The van der Waals surface area contributed by atoms with Crippen molar-refractivity contribution in [3.63, 3.8) is 0 Å². The molecule has 0 radical (unpaired) electrons. The second-order valence-corrected chi connectivity index (χ2v) is 13.2.